The maximum absolute atomic E-state index is 11.9. The monoisotopic (exact) mass is 203 g/mol. The summed E-state index contributed by atoms with van der Waals surface area (Å²) in [6.45, 7) is 3.37. The van der Waals surface area contributed by atoms with E-state index >= 15 is 0 Å². The van der Waals surface area contributed by atoms with Crippen LogP contribution in [0.3, 0.4) is 0 Å². The van der Waals surface area contributed by atoms with Gasteiger partial charge in [0.2, 0.25) is 0 Å². The topological polar surface area (TPSA) is 29.5 Å². The van der Waals surface area contributed by atoms with Crippen LogP contribution in [-0.2, 0) is 4.74 Å². The zero-order valence-corrected chi connectivity index (χ0v) is 8.48. The maximum atomic E-state index is 11.9. The summed E-state index contributed by atoms with van der Waals surface area (Å²) >= 11 is 0. The van der Waals surface area contributed by atoms with Gasteiger partial charge in [-0.1, -0.05) is 18.2 Å². The summed E-state index contributed by atoms with van der Waals surface area (Å²) in [6, 6.07) is 9.45. The molecule has 2 aliphatic heterocycles. The predicted octanol–water partition coefficient (Wildman–Crippen LogP) is 1.16. The van der Waals surface area contributed by atoms with Crippen LogP contribution in [0, 0.1) is 5.41 Å². The fraction of sp³-hybridized carbons (Fsp3) is 0.417. The lowest BCUT2D eigenvalue weighted by Crippen LogP contribution is -2.67. The highest BCUT2D eigenvalue weighted by Crippen LogP contribution is 2.38. The van der Waals surface area contributed by atoms with Crippen molar-refractivity contribution < 1.29 is 9.53 Å². The Hall–Kier alpha value is -1.35. The molecule has 15 heavy (non-hydrogen) atoms. The van der Waals surface area contributed by atoms with Gasteiger partial charge in [-0.05, 0) is 12.1 Å². The Morgan fingerprint density at radius 1 is 1.20 bits per heavy atom. The SMILES string of the molecule is O=C(c1ccccc1)N1CC2(COC2)C1. The summed E-state index contributed by atoms with van der Waals surface area (Å²) in [5, 5.41) is 0. The number of hydrogen-bond acceptors (Lipinski definition) is 2. The van der Waals surface area contributed by atoms with Crippen LogP contribution in [0.2, 0.25) is 0 Å². The first-order chi connectivity index (χ1) is 7.29. The molecule has 0 unspecified atom stereocenters. The Kier molecular flexibility index (Phi) is 1.83. The van der Waals surface area contributed by atoms with Gasteiger partial charge in [0.25, 0.3) is 5.91 Å². The van der Waals surface area contributed by atoms with E-state index in [0.29, 0.717) is 5.41 Å². The molecule has 78 valence electrons. The Bertz CT molecular complexity index is 376. The number of rotatable bonds is 1. The van der Waals surface area contributed by atoms with Crippen molar-refractivity contribution in [3.05, 3.63) is 35.9 Å². The first-order valence-electron chi connectivity index (χ1n) is 5.21. The van der Waals surface area contributed by atoms with E-state index < -0.39 is 0 Å². The number of likely N-dealkylation sites (tertiary alicyclic amines) is 1. The van der Waals surface area contributed by atoms with Gasteiger partial charge in [0.1, 0.15) is 0 Å². The molecule has 0 bridgehead atoms. The Balaban J connectivity index is 1.67. The second-order valence-corrected chi connectivity index (χ2v) is 4.52. The Morgan fingerprint density at radius 2 is 1.87 bits per heavy atom. The molecule has 3 rings (SSSR count). The maximum Gasteiger partial charge on any atom is 0.253 e. The number of hydrogen-bond donors (Lipinski definition) is 0. The molecule has 2 heterocycles. The standard InChI is InChI=1S/C12H13NO2/c14-11(10-4-2-1-3-5-10)13-6-12(7-13)8-15-9-12/h1-5H,6-9H2. The predicted molar refractivity (Wildman–Crippen MR) is 55.6 cm³/mol. The number of amides is 1. The lowest BCUT2D eigenvalue weighted by atomic mass is 9.78. The highest BCUT2D eigenvalue weighted by atomic mass is 16.5. The van der Waals surface area contributed by atoms with E-state index in [1.165, 1.54) is 0 Å². The van der Waals surface area contributed by atoms with E-state index in [-0.39, 0.29) is 5.91 Å². The minimum absolute atomic E-state index is 0.146. The van der Waals surface area contributed by atoms with E-state index in [2.05, 4.69) is 0 Å². The normalized spacial score (nSPS) is 22.0. The molecule has 0 saturated carbocycles. The fourth-order valence-electron chi connectivity index (χ4n) is 2.24. The number of ether oxygens (including phenoxy) is 1. The van der Waals surface area contributed by atoms with Crippen LogP contribution in [0.25, 0.3) is 0 Å². The summed E-state index contributed by atoms with van der Waals surface area (Å²) in [5.41, 5.74) is 1.09. The smallest absolute Gasteiger partial charge is 0.253 e. The number of benzene rings is 1. The highest BCUT2D eigenvalue weighted by Gasteiger charge is 2.50. The summed E-state index contributed by atoms with van der Waals surface area (Å²) < 4.78 is 5.18. The van der Waals surface area contributed by atoms with Crippen molar-refractivity contribution in [2.24, 2.45) is 5.41 Å². The third-order valence-corrected chi connectivity index (χ3v) is 3.18. The van der Waals surface area contributed by atoms with E-state index in [0.717, 1.165) is 31.9 Å². The second kappa shape index (κ2) is 3.07. The van der Waals surface area contributed by atoms with E-state index in [1.54, 1.807) is 0 Å². The zero-order valence-electron chi connectivity index (χ0n) is 8.48. The molecular weight excluding hydrogens is 190 g/mol. The molecule has 0 atom stereocenters. The lowest BCUT2D eigenvalue weighted by molar-refractivity contribution is -0.176. The minimum atomic E-state index is 0.146. The molecule has 3 heteroatoms. The van der Waals surface area contributed by atoms with Crippen LogP contribution >= 0.6 is 0 Å². The summed E-state index contributed by atoms with van der Waals surface area (Å²) in [4.78, 5) is 13.8. The van der Waals surface area contributed by atoms with Gasteiger partial charge in [-0.15, -0.1) is 0 Å². The molecule has 3 nitrogen and oxygen atoms in total. The summed E-state index contributed by atoms with van der Waals surface area (Å²) in [6.07, 6.45) is 0. The molecule has 2 aliphatic rings. The van der Waals surface area contributed by atoms with Crippen LogP contribution < -0.4 is 0 Å². The van der Waals surface area contributed by atoms with Crippen molar-refractivity contribution in [3.8, 4) is 0 Å². The molecular formula is C12H13NO2. The van der Waals surface area contributed by atoms with Crippen molar-refractivity contribution >= 4 is 5.91 Å². The van der Waals surface area contributed by atoms with E-state index in [4.69, 9.17) is 4.74 Å². The second-order valence-electron chi connectivity index (χ2n) is 4.52. The van der Waals surface area contributed by atoms with Gasteiger partial charge in [-0.3, -0.25) is 4.79 Å². The Labute approximate surface area is 88.6 Å². The average Bonchev–Trinajstić information content (AvgIpc) is 2.14. The molecule has 2 saturated heterocycles. The molecule has 0 aromatic heterocycles. The molecule has 1 aromatic rings. The first-order valence-corrected chi connectivity index (χ1v) is 5.21. The van der Waals surface area contributed by atoms with Gasteiger partial charge in [-0.2, -0.15) is 0 Å². The van der Waals surface area contributed by atoms with Crippen molar-refractivity contribution in [2.75, 3.05) is 26.3 Å². The van der Waals surface area contributed by atoms with Gasteiger partial charge in [0, 0.05) is 18.7 Å². The average molecular weight is 203 g/mol. The van der Waals surface area contributed by atoms with Crippen LogP contribution in [0.5, 0.6) is 0 Å². The lowest BCUT2D eigenvalue weighted by Gasteiger charge is -2.54. The van der Waals surface area contributed by atoms with Crippen LogP contribution in [0.1, 0.15) is 10.4 Å². The summed E-state index contributed by atoms with van der Waals surface area (Å²) in [7, 11) is 0. The molecule has 1 spiro atoms. The van der Waals surface area contributed by atoms with Crippen molar-refractivity contribution in [3.63, 3.8) is 0 Å². The van der Waals surface area contributed by atoms with Crippen molar-refractivity contribution in [2.45, 2.75) is 0 Å². The first kappa shape index (κ1) is 8.92. The Morgan fingerprint density at radius 3 is 2.40 bits per heavy atom. The molecule has 2 fully saturated rings. The van der Waals surface area contributed by atoms with Gasteiger partial charge >= 0.3 is 0 Å². The minimum Gasteiger partial charge on any atom is -0.380 e. The largest absolute Gasteiger partial charge is 0.380 e. The van der Waals surface area contributed by atoms with Crippen LogP contribution in [0.4, 0.5) is 0 Å². The third kappa shape index (κ3) is 1.35. The molecule has 1 aromatic carbocycles. The molecule has 0 N–H and O–H groups in total. The van der Waals surface area contributed by atoms with Crippen LogP contribution in [0.15, 0.2) is 30.3 Å². The fourth-order valence-corrected chi connectivity index (χ4v) is 2.24. The summed E-state index contributed by atoms with van der Waals surface area (Å²) in [5.74, 6) is 0.146. The quantitative estimate of drug-likeness (QED) is 0.685. The molecule has 1 amide bonds. The number of carbonyl (C=O) groups excluding carboxylic acids is 1. The van der Waals surface area contributed by atoms with Gasteiger partial charge in [0.15, 0.2) is 0 Å². The van der Waals surface area contributed by atoms with E-state index in [1.807, 2.05) is 35.2 Å². The highest BCUT2D eigenvalue weighted by molar-refractivity contribution is 5.94. The number of carbonyl (C=O) groups is 1. The van der Waals surface area contributed by atoms with E-state index in [9.17, 15) is 4.79 Å². The van der Waals surface area contributed by atoms with Gasteiger partial charge in [0.05, 0.1) is 18.6 Å². The zero-order chi connectivity index (χ0) is 10.3. The molecule has 0 radical (unpaired) electrons. The van der Waals surface area contributed by atoms with Crippen molar-refractivity contribution in [1.29, 1.82) is 0 Å². The van der Waals surface area contributed by atoms with Crippen molar-refractivity contribution in [1.82, 2.24) is 4.90 Å². The van der Waals surface area contributed by atoms with Gasteiger partial charge < -0.3 is 9.64 Å². The molecule has 0 aliphatic carbocycles. The van der Waals surface area contributed by atoms with Crippen LogP contribution in [-0.4, -0.2) is 37.1 Å². The van der Waals surface area contributed by atoms with Gasteiger partial charge in [-0.25, -0.2) is 0 Å². The third-order valence-electron chi connectivity index (χ3n) is 3.18. The number of nitrogens with zero attached hydrogens (tertiary/aromatic N) is 1.